The standard InChI is InChI=1S/C13H18O/c1-10-7-6-8-12(9-10)11(2)13(3,4)14-5/h6-9H,2H2,1,3-5H3. The van der Waals surface area contributed by atoms with Gasteiger partial charge in [-0.25, -0.2) is 0 Å². The molecular weight excluding hydrogens is 172 g/mol. The van der Waals surface area contributed by atoms with Crippen LogP contribution in [0.5, 0.6) is 0 Å². The summed E-state index contributed by atoms with van der Waals surface area (Å²) < 4.78 is 5.39. The molecule has 0 saturated carbocycles. The smallest absolute Gasteiger partial charge is 0.0871 e. The molecule has 1 rings (SSSR count). The average Bonchev–Trinajstić information content (AvgIpc) is 2.16. The van der Waals surface area contributed by atoms with Crippen molar-refractivity contribution in [1.82, 2.24) is 0 Å². The van der Waals surface area contributed by atoms with E-state index >= 15 is 0 Å². The molecule has 0 aromatic heterocycles. The second kappa shape index (κ2) is 3.97. The highest BCUT2D eigenvalue weighted by molar-refractivity contribution is 5.69. The van der Waals surface area contributed by atoms with Crippen LogP contribution in [0.1, 0.15) is 25.0 Å². The highest BCUT2D eigenvalue weighted by atomic mass is 16.5. The van der Waals surface area contributed by atoms with Crippen LogP contribution in [0.15, 0.2) is 30.8 Å². The third-order valence-corrected chi connectivity index (χ3v) is 2.60. The first-order valence-electron chi connectivity index (χ1n) is 4.79. The number of hydrogen-bond acceptors (Lipinski definition) is 1. The summed E-state index contributed by atoms with van der Waals surface area (Å²) in [7, 11) is 1.71. The van der Waals surface area contributed by atoms with Crippen LogP contribution in [0, 0.1) is 6.92 Å². The van der Waals surface area contributed by atoms with E-state index in [1.807, 2.05) is 19.9 Å². The van der Waals surface area contributed by atoms with E-state index in [1.54, 1.807) is 7.11 Å². The molecule has 0 spiro atoms. The summed E-state index contributed by atoms with van der Waals surface area (Å²) in [5.41, 5.74) is 3.12. The Hall–Kier alpha value is -1.08. The summed E-state index contributed by atoms with van der Waals surface area (Å²) in [6.45, 7) is 10.2. The zero-order valence-corrected chi connectivity index (χ0v) is 9.42. The number of benzene rings is 1. The number of aryl methyl sites for hydroxylation is 1. The van der Waals surface area contributed by atoms with Gasteiger partial charge >= 0.3 is 0 Å². The minimum absolute atomic E-state index is 0.298. The molecule has 1 nitrogen and oxygen atoms in total. The van der Waals surface area contributed by atoms with Crippen molar-refractivity contribution in [3.63, 3.8) is 0 Å². The van der Waals surface area contributed by atoms with E-state index in [1.165, 1.54) is 5.56 Å². The molecule has 0 aliphatic heterocycles. The van der Waals surface area contributed by atoms with Gasteiger partial charge in [0.2, 0.25) is 0 Å². The Labute approximate surface area is 86.4 Å². The zero-order valence-electron chi connectivity index (χ0n) is 9.42. The summed E-state index contributed by atoms with van der Waals surface area (Å²) >= 11 is 0. The van der Waals surface area contributed by atoms with Crippen molar-refractivity contribution < 1.29 is 4.74 Å². The maximum absolute atomic E-state index is 5.39. The molecule has 1 aromatic carbocycles. The van der Waals surface area contributed by atoms with Gasteiger partial charge in [0.1, 0.15) is 0 Å². The molecule has 0 N–H and O–H groups in total. The van der Waals surface area contributed by atoms with Gasteiger partial charge in [0.05, 0.1) is 5.60 Å². The molecule has 1 aromatic rings. The van der Waals surface area contributed by atoms with E-state index in [-0.39, 0.29) is 5.60 Å². The van der Waals surface area contributed by atoms with Crippen LogP contribution in [0.4, 0.5) is 0 Å². The molecule has 0 aliphatic carbocycles. The molecule has 0 unspecified atom stereocenters. The van der Waals surface area contributed by atoms with E-state index in [0.29, 0.717) is 0 Å². The summed E-state index contributed by atoms with van der Waals surface area (Å²) in [5.74, 6) is 0. The summed E-state index contributed by atoms with van der Waals surface area (Å²) in [5, 5.41) is 0. The first kappa shape index (κ1) is 11.0. The van der Waals surface area contributed by atoms with Crippen molar-refractivity contribution in [2.75, 3.05) is 7.11 Å². The van der Waals surface area contributed by atoms with Gasteiger partial charge in [-0.1, -0.05) is 36.4 Å². The SMILES string of the molecule is C=C(c1cccc(C)c1)C(C)(C)OC. The van der Waals surface area contributed by atoms with Crippen molar-refractivity contribution >= 4 is 5.57 Å². The zero-order chi connectivity index (χ0) is 10.8. The van der Waals surface area contributed by atoms with Crippen LogP contribution < -0.4 is 0 Å². The highest BCUT2D eigenvalue weighted by Crippen LogP contribution is 2.28. The summed E-state index contributed by atoms with van der Waals surface area (Å²) in [6, 6.07) is 8.32. The fourth-order valence-electron chi connectivity index (χ4n) is 1.30. The number of methoxy groups -OCH3 is 1. The monoisotopic (exact) mass is 190 g/mol. The third-order valence-electron chi connectivity index (χ3n) is 2.60. The lowest BCUT2D eigenvalue weighted by Gasteiger charge is -2.26. The Kier molecular flexibility index (Phi) is 3.12. The van der Waals surface area contributed by atoms with Gasteiger partial charge in [-0.2, -0.15) is 0 Å². The van der Waals surface area contributed by atoms with Crippen molar-refractivity contribution in [2.24, 2.45) is 0 Å². The van der Waals surface area contributed by atoms with E-state index in [2.05, 4.69) is 31.7 Å². The molecule has 0 saturated heterocycles. The van der Waals surface area contributed by atoms with Gasteiger partial charge in [-0.3, -0.25) is 0 Å². The normalized spacial score (nSPS) is 11.4. The average molecular weight is 190 g/mol. The second-order valence-electron chi connectivity index (χ2n) is 4.06. The molecule has 14 heavy (non-hydrogen) atoms. The van der Waals surface area contributed by atoms with Crippen LogP contribution in [0.3, 0.4) is 0 Å². The third kappa shape index (κ3) is 2.24. The second-order valence-corrected chi connectivity index (χ2v) is 4.06. The Balaban J connectivity index is 3.01. The summed E-state index contributed by atoms with van der Waals surface area (Å²) in [4.78, 5) is 0. The molecule has 0 aliphatic rings. The molecule has 0 amide bonds. The minimum Gasteiger partial charge on any atom is -0.374 e. The van der Waals surface area contributed by atoms with Gasteiger partial charge in [-0.15, -0.1) is 0 Å². The van der Waals surface area contributed by atoms with Gasteiger partial charge in [-0.05, 0) is 31.9 Å². The predicted molar refractivity (Wildman–Crippen MR) is 61.3 cm³/mol. The highest BCUT2D eigenvalue weighted by Gasteiger charge is 2.21. The molecular formula is C13H18O. The molecule has 0 bridgehead atoms. The molecule has 0 fully saturated rings. The quantitative estimate of drug-likeness (QED) is 0.709. The molecule has 0 heterocycles. The lowest BCUT2D eigenvalue weighted by molar-refractivity contribution is 0.0747. The van der Waals surface area contributed by atoms with Crippen LogP contribution in [-0.2, 0) is 4.74 Å². The topological polar surface area (TPSA) is 9.23 Å². The Morgan fingerprint density at radius 1 is 1.36 bits per heavy atom. The van der Waals surface area contributed by atoms with Gasteiger partial charge < -0.3 is 4.74 Å². The maximum Gasteiger partial charge on any atom is 0.0871 e. The van der Waals surface area contributed by atoms with E-state index < -0.39 is 0 Å². The maximum atomic E-state index is 5.39. The Bertz CT molecular complexity index is 337. The van der Waals surface area contributed by atoms with E-state index in [9.17, 15) is 0 Å². The lowest BCUT2D eigenvalue weighted by Crippen LogP contribution is -2.23. The van der Waals surface area contributed by atoms with Crippen LogP contribution in [0.2, 0.25) is 0 Å². The van der Waals surface area contributed by atoms with Crippen molar-refractivity contribution in [1.29, 1.82) is 0 Å². The lowest BCUT2D eigenvalue weighted by atomic mass is 9.92. The number of hydrogen-bond donors (Lipinski definition) is 0. The van der Waals surface area contributed by atoms with Gasteiger partial charge in [0, 0.05) is 7.11 Å². The van der Waals surface area contributed by atoms with Crippen molar-refractivity contribution in [3.8, 4) is 0 Å². The number of ether oxygens (including phenoxy) is 1. The molecule has 76 valence electrons. The van der Waals surface area contributed by atoms with Gasteiger partial charge in [0.25, 0.3) is 0 Å². The fourth-order valence-corrected chi connectivity index (χ4v) is 1.30. The molecule has 0 radical (unpaired) electrons. The largest absolute Gasteiger partial charge is 0.374 e. The molecule has 0 atom stereocenters. The van der Waals surface area contributed by atoms with E-state index in [0.717, 1.165) is 11.1 Å². The first-order valence-corrected chi connectivity index (χ1v) is 4.79. The van der Waals surface area contributed by atoms with E-state index in [4.69, 9.17) is 4.74 Å². The Morgan fingerprint density at radius 2 is 2.00 bits per heavy atom. The fraction of sp³-hybridized carbons (Fsp3) is 0.385. The molecule has 1 heteroatoms. The van der Waals surface area contributed by atoms with Crippen LogP contribution >= 0.6 is 0 Å². The minimum atomic E-state index is -0.298. The van der Waals surface area contributed by atoms with Crippen LogP contribution in [-0.4, -0.2) is 12.7 Å². The van der Waals surface area contributed by atoms with Crippen LogP contribution in [0.25, 0.3) is 5.57 Å². The Morgan fingerprint density at radius 3 is 2.50 bits per heavy atom. The van der Waals surface area contributed by atoms with Gasteiger partial charge in [0.15, 0.2) is 0 Å². The van der Waals surface area contributed by atoms with Crippen molar-refractivity contribution in [3.05, 3.63) is 42.0 Å². The summed E-state index contributed by atoms with van der Waals surface area (Å²) in [6.07, 6.45) is 0. The first-order chi connectivity index (χ1) is 6.47. The number of rotatable bonds is 3. The predicted octanol–water partition coefficient (Wildman–Crippen LogP) is 3.43. The van der Waals surface area contributed by atoms with Crippen molar-refractivity contribution in [2.45, 2.75) is 26.4 Å².